The quantitative estimate of drug-likeness (QED) is 0.904. The van der Waals surface area contributed by atoms with Crippen LogP contribution in [0.4, 0.5) is 5.69 Å². The van der Waals surface area contributed by atoms with Crippen molar-refractivity contribution in [3.63, 3.8) is 0 Å². The van der Waals surface area contributed by atoms with Crippen LogP contribution in [0.15, 0.2) is 22.7 Å². The van der Waals surface area contributed by atoms with Gasteiger partial charge in [0, 0.05) is 29.3 Å². The monoisotopic (exact) mass is 326 g/mol. The predicted octanol–water partition coefficient (Wildman–Crippen LogP) is 3.03. The van der Waals surface area contributed by atoms with Crippen LogP contribution in [0.25, 0.3) is 0 Å². The summed E-state index contributed by atoms with van der Waals surface area (Å²) in [5.41, 5.74) is 2.18. The number of benzene rings is 1. The summed E-state index contributed by atoms with van der Waals surface area (Å²) in [6.07, 6.45) is 0.757. The van der Waals surface area contributed by atoms with Crippen LogP contribution in [0.3, 0.4) is 0 Å². The molecule has 2 atom stereocenters. The maximum Gasteiger partial charge on any atom is 0.0772 e. The number of hydrogen-bond acceptors (Lipinski definition) is 3. The maximum absolute atomic E-state index is 9.69. The summed E-state index contributed by atoms with van der Waals surface area (Å²) in [6, 6.07) is 6.78. The minimum atomic E-state index is -0.434. The van der Waals surface area contributed by atoms with Crippen LogP contribution in [0.5, 0.6) is 0 Å². The van der Waals surface area contributed by atoms with E-state index in [1.165, 1.54) is 12.1 Å². The minimum absolute atomic E-state index is 0.434. The van der Waals surface area contributed by atoms with Gasteiger partial charge in [-0.25, -0.2) is 0 Å². The van der Waals surface area contributed by atoms with E-state index in [1.807, 2.05) is 6.07 Å². The van der Waals surface area contributed by atoms with Gasteiger partial charge in [-0.3, -0.25) is 0 Å². The molecule has 19 heavy (non-hydrogen) atoms. The van der Waals surface area contributed by atoms with E-state index in [0.29, 0.717) is 6.04 Å². The summed E-state index contributed by atoms with van der Waals surface area (Å²) in [6.45, 7) is 7.41. The van der Waals surface area contributed by atoms with Crippen LogP contribution in [0.2, 0.25) is 0 Å². The van der Waals surface area contributed by atoms with Gasteiger partial charge in [0.05, 0.1) is 6.10 Å². The highest BCUT2D eigenvalue weighted by Crippen LogP contribution is 2.29. The molecule has 1 aliphatic rings. The highest BCUT2D eigenvalue weighted by Gasteiger charge is 2.20. The highest BCUT2D eigenvalue weighted by molar-refractivity contribution is 9.10. The van der Waals surface area contributed by atoms with Gasteiger partial charge in [-0.05, 0) is 51.6 Å². The van der Waals surface area contributed by atoms with Crippen LogP contribution in [0.1, 0.15) is 31.9 Å². The minimum Gasteiger partial charge on any atom is -0.389 e. The Labute approximate surface area is 124 Å². The first-order chi connectivity index (χ1) is 8.99. The van der Waals surface area contributed by atoms with Crippen molar-refractivity contribution in [2.45, 2.75) is 32.4 Å². The maximum atomic E-state index is 9.69. The van der Waals surface area contributed by atoms with E-state index in [4.69, 9.17) is 0 Å². The lowest BCUT2D eigenvalue weighted by Gasteiger charge is -2.30. The predicted molar refractivity (Wildman–Crippen MR) is 83.7 cm³/mol. The Morgan fingerprint density at radius 3 is 2.74 bits per heavy atom. The van der Waals surface area contributed by atoms with Crippen molar-refractivity contribution >= 4 is 21.6 Å². The summed E-state index contributed by atoms with van der Waals surface area (Å²) in [7, 11) is 2.19. The fourth-order valence-corrected chi connectivity index (χ4v) is 3.49. The Hall–Kier alpha value is -0.580. The molecule has 4 heteroatoms. The van der Waals surface area contributed by atoms with E-state index in [1.54, 1.807) is 6.92 Å². The molecular formula is C15H23BrN2O. The number of anilines is 1. The third kappa shape index (κ3) is 3.50. The molecule has 1 unspecified atom stereocenters. The lowest BCUT2D eigenvalue weighted by Crippen LogP contribution is -2.37. The SMILES string of the molecule is CC1CN(C)CCCN1c1ccc([C@H](C)O)c(Br)c1. The van der Waals surface area contributed by atoms with Crippen molar-refractivity contribution < 1.29 is 5.11 Å². The number of nitrogens with zero attached hydrogens (tertiary/aromatic N) is 2. The number of halogens is 1. The number of rotatable bonds is 2. The summed E-state index contributed by atoms with van der Waals surface area (Å²) in [5, 5.41) is 9.69. The second-order valence-electron chi connectivity index (χ2n) is 5.54. The molecule has 0 radical (unpaired) electrons. The molecule has 1 aliphatic heterocycles. The largest absolute Gasteiger partial charge is 0.389 e. The highest BCUT2D eigenvalue weighted by atomic mass is 79.9. The van der Waals surface area contributed by atoms with Crippen molar-refractivity contribution in [3.8, 4) is 0 Å². The Morgan fingerprint density at radius 1 is 1.37 bits per heavy atom. The molecule has 1 heterocycles. The number of aliphatic hydroxyl groups excluding tert-OH is 1. The molecule has 1 saturated heterocycles. The molecule has 2 rings (SSSR count). The zero-order valence-electron chi connectivity index (χ0n) is 11.9. The Morgan fingerprint density at radius 2 is 2.11 bits per heavy atom. The first-order valence-corrected chi connectivity index (χ1v) is 7.71. The topological polar surface area (TPSA) is 26.7 Å². The van der Waals surface area contributed by atoms with Gasteiger partial charge in [0.25, 0.3) is 0 Å². The van der Waals surface area contributed by atoms with E-state index in [-0.39, 0.29) is 0 Å². The van der Waals surface area contributed by atoms with Crippen molar-refractivity contribution in [1.29, 1.82) is 0 Å². The van der Waals surface area contributed by atoms with E-state index in [0.717, 1.165) is 29.7 Å². The summed E-state index contributed by atoms with van der Waals surface area (Å²) in [4.78, 5) is 4.85. The second kappa shape index (κ2) is 6.25. The van der Waals surface area contributed by atoms with Crippen LogP contribution >= 0.6 is 15.9 Å². The van der Waals surface area contributed by atoms with Crippen molar-refractivity contribution in [3.05, 3.63) is 28.2 Å². The number of hydrogen-bond donors (Lipinski definition) is 1. The summed E-state index contributed by atoms with van der Waals surface area (Å²) >= 11 is 3.57. The molecule has 1 aromatic rings. The molecule has 0 aliphatic carbocycles. The van der Waals surface area contributed by atoms with E-state index < -0.39 is 6.10 Å². The Bertz CT molecular complexity index is 436. The number of likely N-dealkylation sites (N-methyl/N-ethyl adjacent to an activating group) is 1. The van der Waals surface area contributed by atoms with Gasteiger partial charge < -0.3 is 14.9 Å². The molecule has 1 N–H and O–H groups in total. The van der Waals surface area contributed by atoms with Gasteiger partial charge in [-0.2, -0.15) is 0 Å². The van der Waals surface area contributed by atoms with Crippen LogP contribution < -0.4 is 4.90 Å². The Balaban J connectivity index is 2.23. The van der Waals surface area contributed by atoms with Gasteiger partial charge >= 0.3 is 0 Å². The van der Waals surface area contributed by atoms with Crippen LogP contribution in [-0.2, 0) is 0 Å². The molecule has 3 nitrogen and oxygen atoms in total. The average Bonchev–Trinajstić information content (AvgIpc) is 2.49. The van der Waals surface area contributed by atoms with E-state index in [9.17, 15) is 5.11 Å². The van der Waals surface area contributed by atoms with Gasteiger partial charge in [0.15, 0.2) is 0 Å². The zero-order valence-corrected chi connectivity index (χ0v) is 13.5. The molecule has 0 saturated carbocycles. The van der Waals surface area contributed by atoms with Crippen LogP contribution in [-0.4, -0.2) is 42.7 Å². The van der Waals surface area contributed by atoms with Gasteiger partial charge in [-0.1, -0.05) is 22.0 Å². The average molecular weight is 327 g/mol. The first-order valence-electron chi connectivity index (χ1n) is 6.91. The first kappa shape index (κ1) is 14.8. The molecule has 0 bridgehead atoms. The van der Waals surface area contributed by atoms with Crippen LogP contribution in [0, 0.1) is 0 Å². The molecule has 0 amide bonds. The summed E-state index contributed by atoms with van der Waals surface area (Å²) < 4.78 is 0.991. The van der Waals surface area contributed by atoms with Crippen molar-refractivity contribution in [1.82, 2.24) is 4.90 Å². The molecule has 0 spiro atoms. The van der Waals surface area contributed by atoms with Gasteiger partial charge in [0.1, 0.15) is 0 Å². The lowest BCUT2D eigenvalue weighted by molar-refractivity contribution is 0.198. The zero-order chi connectivity index (χ0) is 14.0. The third-order valence-electron chi connectivity index (χ3n) is 3.81. The standard InChI is InChI=1S/C15H23BrN2O/c1-11-10-17(3)7-4-8-18(11)13-5-6-14(12(2)19)15(16)9-13/h5-6,9,11-12,19H,4,7-8,10H2,1-3H3/t11?,12-/m0/s1. The lowest BCUT2D eigenvalue weighted by atomic mass is 10.1. The van der Waals surface area contributed by atoms with Gasteiger partial charge in [-0.15, -0.1) is 0 Å². The molecule has 0 aromatic heterocycles. The molecular weight excluding hydrogens is 304 g/mol. The smallest absolute Gasteiger partial charge is 0.0772 e. The number of aliphatic hydroxyl groups is 1. The molecule has 1 aromatic carbocycles. The second-order valence-corrected chi connectivity index (χ2v) is 6.39. The summed E-state index contributed by atoms with van der Waals surface area (Å²) in [5.74, 6) is 0. The van der Waals surface area contributed by atoms with E-state index >= 15 is 0 Å². The van der Waals surface area contributed by atoms with Crippen molar-refractivity contribution in [2.24, 2.45) is 0 Å². The molecule has 106 valence electrons. The van der Waals surface area contributed by atoms with Gasteiger partial charge in [0.2, 0.25) is 0 Å². The van der Waals surface area contributed by atoms with E-state index in [2.05, 4.69) is 51.8 Å². The fourth-order valence-electron chi connectivity index (χ4n) is 2.79. The van der Waals surface area contributed by atoms with Crippen molar-refractivity contribution in [2.75, 3.05) is 31.6 Å². The molecule has 1 fully saturated rings. The third-order valence-corrected chi connectivity index (χ3v) is 4.50. The normalized spacial score (nSPS) is 23.2. The Kier molecular flexibility index (Phi) is 4.87. The fraction of sp³-hybridized carbons (Fsp3) is 0.600.